The van der Waals surface area contributed by atoms with Crippen LogP contribution in [-0.2, 0) is 6.42 Å². The molecule has 0 radical (unpaired) electrons. The Kier molecular flexibility index (Phi) is 5.36. The molecule has 21 heavy (non-hydrogen) atoms. The Bertz CT molecular complexity index is 552. The van der Waals surface area contributed by atoms with Crippen molar-refractivity contribution in [2.45, 2.75) is 32.0 Å². The van der Waals surface area contributed by atoms with Crippen LogP contribution in [0, 0.1) is 6.92 Å². The van der Waals surface area contributed by atoms with E-state index in [1.807, 2.05) is 12.3 Å². The molecule has 2 nitrogen and oxygen atoms in total. The molecule has 0 aliphatic carbocycles. The largest absolute Gasteiger partial charge is 0.390 e. The first-order valence-corrected chi connectivity index (χ1v) is 7.58. The fourth-order valence-corrected chi connectivity index (χ4v) is 2.87. The summed E-state index contributed by atoms with van der Waals surface area (Å²) in [5.41, 5.74) is 1.61. The summed E-state index contributed by atoms with van der Waals surface area (Å²) in [7, 11) is 0. The van der Waals surface area contributed by atoms with Gasteiger partial charge in [-0.05, 0) is 12.5 Å². The van der Waals surface area contributed by atoms with Crippen molar-refractivity contribution in [3.05, 3.63) is 52.0 Å². The van der Waals surface area contributed by atoms with E-state index in [4.69, 9.17) is 0 Å². The molecule has 1 aromatic heterocycles. The van der Waals surface area contributed by atoms with Gasteiger partial charge in [-0.2, -0.15) is 13.2 Å². The Morgan fingerprint density at radius 1 is 1.24 bits per heavy atom. The van der Waals surface area contributed by atoms with Gasteiger partial charge in [0.25, 0.3) is 0 Å². The maximum atomic E-state index is 12.7. The Balaban J connectivity index is 1.96. The van der Waals surface area contributed by atoms with Gasteiger partial charge in [-0.15, -0.1) is 11.3 Å². The second-order valence-electron chi connectivity index (χ2n) is 4.87. The molecule has 0 saturated heterocycles. The van der Waals surface area contributed by atoms with E-state index in [2.05, 4.69) is 10.3 Å². The first-order chi connectivity index (χ1) is 9.94. The van der Waals surface area contributed by atoms with E-state index in [9.17, 15) is 13.2 Å². The lowest BCUT2D eigenvalue weighted by atomic mass is 10.0. The molecule has 1 N–H and O–H groups in total. The normalized spacial score (nSPS) is 13.3. The zero-order chi connectivity index (χ0) is 15.3. The topological polar surface area (TPSA) is 24.9 Å². The van der Waals surface area contributed by atoms with E-state index < -0.39 is 18.6 Å². The van der Waals surface area contributed by atoms with Gasteiger partial charge in [0.1, 0.15) is 0 Å². The summed E-state index contributed by atoms with van der Waals surface area (Å²) >= 11 is 1.54. The fraction of sp³-hybridized carbons (Fsp3) is 0.400. The highest BCUT2D eigenvalue weighted by molar-refractivity contribution is 7.09. The van der Waals surface area contributed by atoms with Gasteiger partial charge in [-0.25, -0.2) is 4.98 Å². The van der Waals surface area contributed by atoms with Gasteiger partial charge in [-0.3, -0.25) is 0 Å². The predicted octanol–water partition coefficient (Wildman–Crippen LogP) is 4.28. The minimum absolute atomic E-state index is 0.475. The molecule has 0 spiro atoms. The molecule has 0 aliphatic rings. The van der Waals surface area contributed by atoms with Gasteiger partial charge < -0.3 is 5.32 Å². The van der Waals surface area contributed by atoms with Crippen LogP contribution < -0.4 is 5.32 Å². The molecular formula is C15H17F3N2S. The molecule has 6 heteroatoms. The average Bonchev–Trinajstić information content (AvgIpc) is 2.83. The molecule has 1 heterocycles. The summed E-state index contributed by atoms with van der Waals surface area (Å²) in [5, 5.41) is 5.88. The summed E-state index contributed by atoms with van der Waals surface area (Å²) in [6, 6.07) is 8.03. The van der Waals surface area contributed by atoms with Crippen molar-refractivity contribution in [2.24, 2.45) is 0 Å². The summed E-state index contributed by atoms with van der Waals surface area (Å²) in [5.74, 6) is 0. The van der Waals surface area contributed by atoms with Gasteiger partial charge in [0.05, 0.1) is 11.4 Å². The molecule has 0 fully saturated rings. The Hall–Kier alpha value is -1.40. The quantitative estimate of drug-likeness (QED) is 0.861. The highest BCUT2D eigenvalue weighted by atomic mass is 32.1. The summed E-state index contributed by atoms with van der Waals surface area (Å²) < 4.78 is 38.1. The second kappa shape index (κ2) is 7.04. The molecular weight excluding hydrogens is 297 g/mol. The number of nitrogens with one attached hydrogen (secondary N) is 1. The van der Waals surface area contributed by atoms with Crippen molar-refractivity contribution in [3.8, 4) is 0 Å². The number of benzene rings is 1. The van der Waals surface area contributed by atoms with Gasteiger partial charge in [-0.1, -0.05) is 30.3 Å². The first-order valence-electron chi connectivity index (χ1n) is 6.70. The maximum Gasteiger partial charge on any atom is 0.390 e. The van der Waals surface area contributed by atoms with E-state index in [1.165, 1.54) is 11.3 Å². The van der Waals surface area contributed by atoms with E-state index in [-0.39, 0.29) is 0 Å². The number of hydrogen-bond donors (Lipinski definition) is 1. The predicted molar refractivity (Wildman–Crippen MR) is 78.4 cm³/mol. The SMILES string of the molecule is Cc1csc(CCNC(CC(F)(F)F)c2ccccc2)n1. The van der Waals surface area contributed by atoms with Gasteiger partial charge in [0.2, 0.25) is 0 Å². The summed E-state index contributed by atoms with van der Waals surface area (Å²) in [6.45, 7) is 2.38. The molecule has 114 valence electrons. The van der Waals surface area contributed by atoms with Crippen LogP contribution in [-0.4, -0.2) is 17.7 Å². The highest BCUT2D eigenvalue weighted by Gasteiger charge is 2.32. The van der Waals surface area contributed by atoms with Crippen LogP contribution in [0.2, 0.25) is 0 Å². The lowest BCUT2D eigenvalue weighted by Crippen LogP contribution is -2.28. The van der Waals surface area contributed by atoms with Crippen LogP contribution in [0.1, 0.15) is 28.7 Å². The number of halogens is 3. The van der Waals surface area contributed by atoms with Crippen molar-refractivity contribution >= 4 is 11.3 Å². The molecule has 2 rings (SSSR count). The molecule has 1 unspecified atom stereocenters. The van der Waals surface area contributed by atoms with Crippen LogP contribution >= 0.6 is 11.3 Å². The molecule has 0 amide bonds. The van der Waals surface area contributed by atoms with Crippen molar-refractivity contribution < 1.29 is 13.2 Å². The molecule has 0 aliphatic heterocycles. The number of hydrogen-bond acceptors (Lipinski definition) is 3. The van der Waals surface area contributed by atoms with Crippen LogP contribution in [0.4, 0.5) is 13.2 Å². The summed E-state index contributed by atoms with van der Waals surface area (Å²) in [4.78, 5) is 4.31. The Morgan fingerprint density at radius 2 is 1.95 bits per heavy atom. The van der Waals surface area contributed by atoms with Gasteiger partial charge in [0, 0.05) is 30.1 Å². The number of aryl methyl sites for hydroxylation is 1. The zero-order valence-corrected chi connectivity index (χ0v) is 12.5. The monoisotopic (exact) mass is 314 g/mol. The lowest BCUT2D eigenvalue weighted by Gasteiger charge is -2.20. The van der Waals surface area contributed by atoms with E-state index in [1.54, 1.807) is 30.3 Å². The average molecular weight is 314 g/mol. The standard InChI is InChI=1S/C15H17F3N2S/c1-11-10-21-14(20-11)7-8-19-13(9-15(16,17)18)12-5-3-2-4-6-12/h2-6,10,13,19H,7-9H2,1H3. The van der Waals surface area contributed by atoms with Gasteiger partial charge in [0.15, 0.2) is 0 Å². The summed E-state index contributed by atoms with van der Waals surface area (Å²) in [6.07, 6.45) is -4.42. The third kappa shape index (κ3) is 5.47. The van der Waals surface area contributed by atoms with E-state index in [0.29, 0.717) is 18.5 Å². The number of rotatable bonds is 6. The first kappa shape index (κ1) is 16.0. The van der Waals surface area contributed by atoms with E-state index in [0.717, 1.165) is 10.7 Å². The van der Waals surface area contributed by atoms with Crippen molar-refractivity contribution in [3.63, 3.8) is 0 Å². The zero-order valence-electron chi connectivity index (χ0n) is 11.7. The maximum absolute atomic E-state index is 12.7. The van der Waals surface area contributed by atoms with Crippen LogP contribution in [0.5, 0.6) is 0 Å². The van der Waals surface area contributed by atoms with E-state index >= 15 is 0 Å². The van der Waals surface area contributed by atoms with Crippen molar-refractivity contribution in [2.75, 3.05) is 6.54 Å². The minimum atomic E-state index is -4.19. The van der Waals surface area contributed by atoms with Crippen LogP contribution in [0.3, 0.4) is 0 Å². The van der Waals surface area contributed by atoms with Crippen LogP contribution in [0.25, 0.3) is 0 Å². The molecule has 0 bridgehead atoms. The smallest absolute Gasteiger partial charge is 0.309 e. The lowest BCUT2D eigenvalue weighted by molar-refractivity contribution is -0.140. The molecule has 1 aromatic carbocycles. The molecule has 2 aromatic rings. The minimum Gasteiger partial charge on any atom is -0.309 e. The molecule has 0 saturated carbocycles. The number of alkyl halides is 3. The van der Waals surface area contributed by atoms with Crippen molar-refractivity contribution in [1.82, 2.24) is 10.3 Å². The van der Waals surface area contributed by atoms with Crippen molar-refractivity contribution in [1.29, 1.82) is 0 Å². The third-order valence-corrected chi connectivity index (χ3v) is 4.06. The number of thiazole rings is 1. The second-order valence-corrected chi connectivity index (χ2v) is 5.81. The Labute approximate surface area is 126 Å². The number of nitrogens with zero attached hydrogens (tertiary/aromatic N) is 1. The third-order valence-electron chi connectivity index (χ3n) is 3.03. The van der Waals surface area contributed by atoms with Crippen LogP contribution in [0.15, 0.2) is 35.7 Å². The highest BCUT2D eigenvalue weighted by Crippen LogP contribution is 2.29. The molecule has 1 atom stereocenters. The van der Waals surface area contributed by atoms with Gasteiger partial charge >= 0.3 is 6.18 Å². The fourth-order valence-electron chi connectivity index (χ4n) is 2.10. The Morgan fingerprint density at radius 3 is 2.52 bits per heavy atom. The number of aromatic nitrogens is 1.